The molecule has 1 amide bonds. The number of benzene rings is 2. The number of fused-ring (bicyclic) bond motifs is 1. The number of amides is 1. The lowest BCUT2D eigenvalue weighted by molar-refractivity contribution is 0.1000. The number of nitrogens with two attached hydrogens (primary N) is 1. The molecule has 0 fully saturated rings. The first-order valence-electron chi connectivity index (χ1n) is 11.5. The van der Waals surface area contributed by atoms with Gasteiger partial charge in [-0.15, -0.1) is 5.10 Å². The fourth-order valence-electron chi connectivity index (χ4n) is 4.15. The number of aryl methyl sites for hydroxylation is 2. The van der Waals surface area contributed by atoms with E-state index >= 15 is 0 Å². The topological polar surface area (TPSA) is 111 Å². The van der Waals surface area contributed by atoms with E-state index < -0.39 is 5.91 Å². The van der Waals surface area contributed by atoms with Gasteiger partial charge in [0.05, 0.1) is 22.5 Å². The molecule has 9 heteroatoms. The monoisotopic (exact) mass is 473 g/mol. The molecule has 0 spiro atoms. The lowest BCUT2D eigenvalue weighted by Gasteiger charge is -2.20. The average molecular weight is 474 g/mol. The van der Waals surface area contributed by atoms with Crippen molar-refractivity contribution in [2.75, 3.05) is 32.6 Å². The molecule has 0 bridgehead atoms. The van der Waals surface area contributed by atoms with E-state index in [2.05, 4.69) is 15.5 Å². The fraction of sp³-hybridized carbons (Fsp3) is 0.308. The van der Waals surface area contributed by atoms with Gasteiger partial charge >= 0.3 is 0 Å². The Labute approximate surface area is 204 Å². The van der Waals surface area contributed by atoms with Crippen LogP contribution in [0.3, 0.4) is 0 Å². The summed E-state index contributed by atoms with van der Waals surface area (Å²) in [5.41, 5.74) is 10.4. The van der Waals surface area contributed by atoms with Crippen molar-refractivity contribution >= 4 is 22.6 Å². The predicted octanol–water partition coefficient (Wildman–Crippen LogP) is 3.33. The number of nitrogens with one attached hydrogen (secondary N) is 1. The largest absolute Gasteiger partial charge is 0.486 e. The van der Waals surface area contributed by atoms with E-state index in [9.17, 15) is 4.79 Å². The molecule has 182 valence electrons. The van der Waals surface area contributed by atoms with Crippen molar-refractivity contribution in [1.29, 1.82) is 0 Å². The van der Waals surface area contributed by atoms with E-state index in [-0.39, 0.29) is 6.10 Å². The molecule has 35 heavy (non-hydrogen) atoms. The minimum absolute atomic E-state index is 0.201. The van der Waals surface area contributed by atoms with Gasteiger partial charge < -0.3 is 20.7 Å². The number of hydrogen-bond donors (Lipinski definition) is 2. The number of carbonyl (C=O) groups is 1. The van der Waals surface area contributed by atoms with Crippen LogP contribution in [0.4, 0.5) is 5.82 Å². The van der Waals surface area contributed by atoms with Gasteiger partial charge in [0, 0.05) is 32.1 Å². The molecule has 0 aliphatic heterocycles. The first kappa shape index (κ1) is 24.2. The lowest BCUT2D eigenvalue weighted by atomic mass is 10.0. The molecule has 1 unspecified atom stereocenters. The van der Waals surface area contributed by atoms with Crippen LogP contribution in [0.25, 0.3) is 16.6 Å². The average Bonchev–Trinajstić information content (AvgIpc) is 3.20. The molecule has 0 radical (unpaired) electrons. The van der Waals surface area contributed by atoms with Crippen molar-refractivity contribution in [2.24, 2.45) is 5.73 Å². The van der Waals surface area contributed by atoms with Crippen molar-refractivity contribution in [3.05, 3.63) is 71.0 Å². The maximum Gasteiger partial charge on any atom is 0.248 e. The quantitative estimate of drug-likeness (QED) is 0.384. The third-order valence-electron chi connectivity index (χ3n) is 5.97. The Balaban J connectivity index is 1.69. The molecule has 2 aromatic heterocycles. The molecule has 0 aliphatic rings. The second kappa shape index (κ2) is 10.1. The van der Waals surface area contributed by atoms with E-state index in [0.717, 1.165) is 58.1 Å². The summed E-state index contributed by atoms with van der Waals surface area (Å²) in [6, 6.07) is 15.1. The summed E-state index contributed by atoms with van der Waals surface area (Å²) in [7, 11) is 5.78. The molecule has 4 rings (SSSR count). The van der Waals surface area contributed by atoms with Gasteiger partial charge in [-0.3, -0.25) is 4.79 Å². The molecular formula is C26H31N7O2. The number of nitrogens with zero attached hydrogens (tertiary/aromatic N) is 5. The standard InChI is InChI=1S/C26H31N7O2/c1-16-23-17(2)33(31-24(23)26(30-29-16)32(4)5)20-7-6-8-21(15-20)35-22(13-14-28-3)18-9-11-19(12-10-18)25(27)34/h6-12,15,22,28H,13-14H2,1-5H3,(H2,27,34). The number of anilines is 1. The SMILES string of the molecule is CNCCC(Oc1cccc(-n2nc3c(N(C)C)nnc(C)c3c2C)c1)c1ccc(C(N)=O)cc1. The highest BCUT2D eigenvalue weighted by atomic mass is 16.5. The van der Waals surface area contributed by atoms with Crippen LogP contribution in [-0.2, 0) is 0 Å². The van der Waals surface area contributed by atoms with Crippen molar-refractivity contribution in [3.8, 4) is 11.4 Å². The summed E-state index contributed by atoms with van der Waals surface area (Å²) >= 11 is 0. The second-order valence-electron chi connectivity index (χ2n) is 8.71. The molecule has 2 heterocycles. The molecule has 0 saturated heterocycles. The van der Waals surface area contributed by atoms with Crippen LogP contribution in [0.15, 0.2) is 48.5 Å². The molecule has 3 N–H and O–H groups in total. The first-order chi connectivity index (χ1) is 16.8. The van der Waals surface area contributed by atoms with Gasteiger partial charge in [0.1, 0.15) is 17.4 Å². The summed E-state index contributed by atoms with van der Waals surface area (Å²) in [6.45, 7) is 4.76. The normalized spacial score (nSPS) is 12.0. The maximum atomic E-state index is 11.5. The molecule has 1 atom stereocenters. The fourth-order valence-corrected chi connectivity index (χ4v) is 4.15. The van der Waals surface area contributed by atoms with Crippen LogP contribution >= 0.6 is 0 Å². The van der Waals surface area contributed by atoms with Crippen LogP contribution < -0.4 is 20.7 Å². The van der Waals surface area contributed by atoms with Crippen molar-refractivity contribution < 1.29 is 9.53 Å². The number of ether oxygens (including phenoxy) is 1. The van der Waals surface area contributed by atoms with Crippen LogP contribution in [0.5, 0.6) is 5.75 Å². The zero-order valence-corrected chi connectivity index (χ0v) is 20.7. The summed E-state index contributed by atoms with van der Waals surface area (Å²) < 4.78 is 8.34. The van der Waals surface area contributed by atoms with E-state index in [1.54, 1.807) is 12.1 Å². The van der Waals surface area contributed by atoms with Crippen LogP contribution in [0.2, 0.25) is 0 Å². The summed E-state index contributed by atoms with van der Waals surface area (Å²) in [5.74, 6) is 1.01. The minimum Gasteiger partial charge on any atom is -0.486 e. The molecule has 9 nitrogen and oxygen atoms in total. The number of carbonyl (C=O) groups excluding carboxylic acids is 1. The lowest BCUT2D eigenvalue weighted by Crippen LogP contribution is -2.17. The van der Waals surface area contributed by atoms with E-state index in [1.165, 1.54) is 0 Å². The van der Waals surface area contributed by atoms with Gasteiger partial charge in [-0.1, -0.05) is 18.2 Å². The van der Waals surface area contributed by atoms with Gasteiger partial charge in [0.25, 0.3) is 0 Å². The zero-order valence-electron chi connectivity index (χ0n) is 20.7. The minimum atomic E-state index is -0.447. The number of primary amides is 1. The summed E-state index contributed by atoms with van der Waals surface area (Å²) in [5, 5.41) is 17.7. The Hall–Kier alpha value is -3.98. The van der Waals surface area contributed by atoms with Crippen molar-refractivity contribution in [3.63, 3.8) is 0 Å². The maximum absolute atomic E-state index is 11.5. The van der Waals surface area contributed by atoms with Crippen LogP contribution in [0, 0.1) is 13.8 Å². The Morgan fingerprint density at radius 3 is 2.54 bits per heavy atom. The van der Waals surface area contributed by atoms with Gasteiger partial charge in [-0.05, 0) is 57.3 Å². The van der Waals surface area contributed by atoms with E-state index in [4.69, 9.17) is 15.6 Å². The van der Waals surface area contributed by atoms with Gasteiger partial charge in [-0.2, -0.15) is 10.2 Å². The first-order valence-corrected chi connectivity index (χ1v) is 11.5. The van der Waals surface area contributed by atoms with Gasteiger partial charge in [0.15, 0.2) is 5.82 Å². The van der Waals surface area contributed by atoms with E-state index in [1.807, 2.05) is 81.0 Å². The molecule has 2 aromatic carbocycles. The summed E-state index contributed by atoms with van der Waals surface area (Å²) in [6.07, 6.45) is 0.553. The third kappa shape index (κ3) is 4.95. The van der Waals surface area contributed by atoms with Crippen molar-refractivity contribution in [2.45, 2.75) is 26.4 Å². The molecule has 4 aromatic rings. The Morgan fingerprint density at radius 2 is 1.89 bits per heavy atom. The van der Waals surface area contributed by atoms with Crippen molar-refractivity contribution in [1.82, 2.24) is 25.3 Å². The number of aromatic nitrogens is 4. The Bertz CT molecular complexity index is 1350. The third-order valence-corrected chi connectivity index (χ3v) is 5.97. The second-order valence-corrected chi connectivity index (χ2v) is 8.71. The van der Waals surface area contributed by atoms with Gasteiger partial charge in [0.2, 0.25) is 5.91 Å². The predicted molar refractivity (Wildman–Crippen MR) is 137 cm³/mol. The smallest absolute Gasteiger partial charge is 0.248 e. The van der Waals surface area contributed by atoms with E-state index in [0.29, 0.717) is 5.56 Å². The highest BCUT2D eigenvalue weighted by molar-refractivity contribution is 5.93. The number of hydrogen-bond acceptors (Lipinski definition) is 7. The zero-order chi connectivity index (χ0) is 25.1. The Morgan fingerprint density at radius 1 is 1.14 bits per heavy atom. The van der Waals surface area contributed by atoms with Crippen LogP contribution in [0.1, 0.15) is 39.8 Å². The summed E-state index contributed by atoms with van der Waals surface area (Å²) in [4.78, 5) is 13.4. The number of rotatable bonds is 9. The van der Waals surface area contributed by atoms with Crippen LogP contribution in [-0.4, -0.2) is 53.6 Å². The molecular weight excluding hydrogens is 442 g/mol. The van der Waals surface area contributed by atoms with Gasteiger partial charge in [-0.25, -0.2) is 4.68 Å². The highest BCUT2D eigenvalue weighted by Crippen LogP contribution is 2.31. The molecule has 0 saturated carbocycles. The molecule has 0 aliphatic carbocycles. The Kier molecular flexibility index (Phi) is 6.97. The highest BCUT2D eigenvalue weighted by Gasteiger charge is 2.19.